The Morgan fingerprint density at radius 2 is 1.89 bits per heavy atom. The average molecular weight is 382 g/mol. The van der Waals surface area contributed by atoms with Crippen molar-refractivity contribution in [2.24, 2.45) is 0 Å². The van der Waals surface area contributed by atoms with E-state index in [0.717, 1.165) is 28.3 Å². The first-order chi connectivity index (χ1) is 13.1. The van der Waals surface area contributed by atoms with Gasteiger partial charge in [0.1, 0.15) is 5.82 Å². The maximum Gasteiger partial charge on any atom is 0.216 e. The summed E-state index contributed by atoms with van der Waals surface area (Å²) >= 11 is 1.39. The number of nitrogens with zero attached hydrogens (tertiary/aromatic N) is 3. The molecule has 0 bridgehead atoms. The number of thioether (sulfide) groups is 1. The van der Waals surface area contributed by atoms with Gasteiger partial charge in [0.25, 0.3) is 0 Å². The normalized spacial score (nSPS) is 10.9. The maximum absolute atomic E-state index is 12.6. The summed E-state index contributed by atoms with van der Waals surface area (Å²) in [5, 5.41) is 14.1. The van der Waals surface area contributed by atoms with Gasteiger partial charge in [-0.1, -0.05) is 48.2 Å². The Morgan fingerprint density at radius 3 is 2.63 bits per heavy atom. The van der Waals surface area contributed by atoms with E-state index in [2.05, 4.69) is 15.5 Å². The van der Waals surface area contributed by atoms with Crippen molar-refractivity contribution < 1.29 is 9.59 Å². The number of hydrogen-bond acceptors (Lipinski definition) is 5. The molecule has 6 nitrogen and oxygen atoms in total. The van der Waals surface area contributed by atoms with Gasteiger partial charge in [-0.15, -0.1) is 10.2 Å². The van der Waals surface area contributed by atoms with Gasteiger partial charge in [-0.3, -0.25) is 9.59 Å². The Balaban J connectivity index is 1.65. The minimum absolute atomic E-state index is 0.0619. The summed E-state index contributed by atoms with van der Waals surface area (Å²) in [6, 6.07) is 13.8. The highest BCUT2D eigenvalue weighted by Crippen LogP contribution is 2.21. The molecule has 2 aromatic carbocycles. The predicted molar refractivity (Wildman–Crippen MR) is 107 cm³/mol. The topological polar surface area (TPSA) is 76.9 Å². The SMILES string of the molecule is CCn1c(CCNC(C)=O)nnc1SCC(=O)c1ccc2ccccc2c1. The number of carbonyl (C=O) groups is 2. The maximum atomic E-state index is 12.6. The highest BCUT2D eigenvalue weighted by atomic mass is 32.2. The molecule has 0 saturated carbocycles. The number of aromatic nitrogens is 3. The summed E-state index contributed by atoms with van der Waals surface area (Å²) < 4.78 is 1.99. The molecule has 0 unspecified atom stereocenters. The van der Waals surface area contributed by atoms with Crippen molar-refractivity contribution in [1.82, 2.24) is 20.1 Å². The van der Waals surface area contributed by atoms with Gasteiger partial charge in [-0.05, 0) is 23.8 Å². The van der Waals surface area contributed by atoms with Crippen molar-refractivity contribution in [2.75, 3.05) is 12.3 Å². The molecule has 1 heterocycles. The molecule has 0 fully saturated rings. The summed E-state index contributed by atoms with van der Waals surface area (Å²) in [5.74, 6) is 1.12. The van der Waals surface area contributed by atoms with Crippen LogP contribution in [-0.4, -0.2) is 38.8 Å². The van der Waals surface area contributed by atoms with Gasteiger partial charge < -0.3 is 9.88 Å². The first kappa shape index (κ1) is 19.1. The third-order valence-corrected chi connectivity index (χ3v) is 5.20. The second-order valence-corrected chi connectivity index (χ2v) is 7.09. The quantitative estimate of drug-likeness (QED) is 0.478. The zero-order valence-electron chi connectivity index (χ0n) is 15.4. The van der Waals surface area contributed by atoms with E-state index in [1.807, 2.05) is 54.0 Å². The molecule has 7 heteroatoms. The second kappa shape index (κ2) is 8.81. The van der Waals surface area contributed by atoms with Crippen molar-refractivity contribution in [1.29, 1.82) is 0 Å². The molecule has 0 radical (unpaired) electrons. The Labute approximate surface area is 162 Å². The molecule has 0 spiro atoms. The Kier molecular flexibility index (Phi) is 6.24. The van der Waals surface area contributed by atoms with Crippen molar-refractivity contribution in [2.45, 2.75) is 32.0 Å². The lowest BCUT2D eigenvalue weighted by Gasteiger charge is -2.07. The summed E-state index contributed by atoms with van der Waals surface area (Å²) in [6.45, 7) is 4.74. The van der Waals surface area contributed by atoms with Crippen LogP contribution in [-0.2, 0) is 17.8 Å². The van der Waals surface area contributed by atoms with E-state index in [1.165, 1.54) is 18.7 Å². The minimum Gasteiger partial charge on any atom is -0.356 e. The van der Waals surface area contributed by atoms with Gasteiger partial charge in [0.05, 0.1) is 5.75 Å². The minimum atomic E-state index is -0.0619. The van der Waals surface area contributed by atoms with E-state index in [4.69, 9.17) is 0 Å². The van der Waals surface area contributed by atoms with Gasteiger partial charge in [-0.2, -0.15) is 0 Å². The standard InChI is InChI=1S/C20H22N4O2S/c1-3-24-19(10-11-21-14(2)25)22-23-20(24)27-13-18(26)17-9-8-15-6-4-5-7-16(15)12-17/h4-9,12H,3,10-11,13H2,1-2H3,(H,21,25). The first-order valence-electron chi connectivity index (χ1n) is 8.89. The lowest BCUT2D eigenvalue weighted by atomic mass is 10.1. The van der Waals surface area contributed by atoms with Crippen LogP contribution in [0.5, 0.6) is 0 Å². The molecule has 1 N–H and O–H groups in total. The monoisotopic (exact) mass is 382 g/mol. The van der Waals surface area contributed by atoms with E-state index >= 15 is 0 Å². The van der Waals surface area contributed by atoms with Crippen LogP contribution in [0.3, 0.4) is 0 Å². The number of Topliss-reactive ketones (excluding diaryl/α,β-unsaturated/α-hetero) is 1. The molecule has 1 amide bonds. The third-order valence-electron chi connectivity index (χ3n) is 4.24. The van der Waals surface area contributed by atoms with Crippen LogP contribution in [0.2, 0.25) is 0 Å². The Morgan fingerprint density at radius 1 is 1.11 bits per heavy atom. The number of amides is 1. The molecular weight excluding hydrogens is 360 g/mol. The van der Waals surface area contributed by atoms with Crippen LogP contribution in [0.4, 0.5) is 0 Å². The number of rotatable bonds is 8. The van der Waals surface area contributed by atoms with Crippen LogP contribution in [0, 0.1) is 0 Å². The molecule has 3 rings (SSSR count). The largest absolute Gasteiger partial charge is 0.356 e. The number of ketones is 1. The summed E-state index contributed by atoms with van der Waals surface area (Å²) in [7, 11) is 0. The Hall–Kier alpha value is -2.67. The van der Waals surface area contributed by atoms with E-state index in [1.54, 1.807) is 0 Å². The zero-order chi connectivity index (χ0) is 19.2. The zero-order valence-corrected chi connectivity index (χ0v) is 16.3. The van der Waals surface area contributed by atoms with Crippen molar-refractivity contribution in [3.8, 4) is 0 Å². The fraction of sp³-hybridized carbons (Fsp3) is 0.300. The highest BCUT2D eigenvalue weighted by Gasteiger charge is 2.14. The number of hydrogen-bond donors (Lipinski definition) is 1. The van der Waals surface area contributed by atoms with Crippen LogP contribution >= 0.6 is 11.8 Å². The van der Waals surface area contributed by atoms with Crippen molar-refractivity contribution in [3.63, 3.8) is 0 Å². The molecule has 27 heavy (non-hydrogen) atoms. The summed E-state index contributed by atoms with van der Waals surface area (Å²) in [4.78, 5) is 23.6. The fourth-order valence-corrected chi connectivity index (χ4v) is 3.77. The lowest BCUT2D eigenvalue weighted by molar-refractivity contribution is -0.118. The smallest absolute Gasteiger partial charge is 0.216 e. The average Bonchev–Trinajstić information content (AvgIpc) is 3.07. The number of nitrogens with one attached hydrogen (secondary N) is 1. The fourth-order valence-electron chi connectivity index (χ4n) is 2.85. The van der Waals surface area contributed by atoms with E-state index < -0.39 is 0 Å². The first-order valence-corrected chi connectivity index (χ1v) is 9.88. The van der Waals surface area contributed by atoms with Gasteiger partial charge in [-0.25, -0.2) is 0 Å². The lowest BCUT2D eigenvalue weighted by Crippen LogP contribution is -2.23. The molecule has 1 aromatic heterocycles. The van der Waals surface area contributed by atoms with Gasteiger partial charge in [0, 0.05) is 32.0 Å². The van der Waals surface area contributed by atoms with Crippen LogP contribution < -0.4 is 5.32 Å². The number of benzene rings is 2. The van der Waals surface area contributed by atoms with E-state index in [9.17, 15) is 9.59 Å². The van der Waals surface area contributed by atoms with Crippen LogP contribution in [0.1, 0.15) is 30.0 Å². The molecule has 140 valence electrons. The molecule has 3 aromatic rings. The molecular formula is C20H22N4O2S. The number of carbonyl (C=O) groups excluding carboxylic acids is 2. The van der Waals surface area contributed by atoms with Crippen LogP contribution in [0.15, 0.2) is 47.6 Å². The second-order valence-electron chi connectivity index (χ2n) is 6.15. The van der Waals surface area contributed by atoms with E-state index in [-0.39, 0.29) is 11.7 Å². The third kappa shape index (κ3) is 4.74. The van der Waals surface area contributed by atoms with Crippen LogP contribution in [0.25, 0.3) is 10.8 Å². The van der Waals surface area contributed by atoms with Gasteiger partial charge >= 0.3 is 0 Å². The number of fused-ring (bicyclic) bond motifs is 1. The van der Waals surface area contributed by atoms with Crippen molar-refractivity contribution in [3.05, 3.63) is 53.9 Å². The molecule has 0 atom stereocenters. The van der Waals surface area contributed by atoms with Gasteiger partial charge in [0.2, 0.25) is 5.91 Å². The van der Waals surface area contributed by atoms with Gasteiger partial charge in [0.15, 0.2) is 10.9 Å². The molecule has 0 aliphatic rings. The predicted octanol–water partition coefficient (Wildman–Crippen LogP) is 3.10. The summed E-state index contributed by atoms with van der Waals surface area (Å²) in [6.07, 6.45) is 0.611. The summed E-state index contributed by atoms with van der Waals surface area (Å²) in [5.41, 5.74) is 0.703. The Bertz CT molecular complexity index is 968. The molecule has 0 saturated heterocycles. The van der Waals surface area contributed by atoms with Crippen molar-refractivity contribution >= 4 is 34.2 Å². The van der Waals surface area contributed by atoms with E-state index in [0.29, 0.717) is 24.3 Å². The molecule has 0 aliphatic carbocycles. The molecule has 0 aliphatic heterocycles. The highest BCUT2D eigenvalue weighted by molar-refractivity contribution is 7.99.